The summed E-state index contributed by atoms with van der Waals surface area (Å²) in [5, 5.41) is 3.02. The second-order valence-electron chi connectivity index (χ2n) is 4.72. The highest BCUT2D eigenvalue weighted by Crippen LogP contribution is 2.25. The molecular formula is C16H16F2N2O. The molecule has 0 bridgehead atoms. The number of benzene rings is 2. The lowest BCUT2D eigenvalue weighted by molar-refractivity contribution is 0.100. The molecule has 3 nitrogen and oxygen atoms in total. The summed E-state index contributed by atoms with van der Waals surface area (Å²) in [6, 6.07) is 9.72. The van der Waals surface area contributed by atoms with Gasteiger partial charge in [0.05, 0.1) is 11.7 Å². The monoisotopic (exact) mass is 290 g/mol. The van der Waals surface area contributed by atoms with Crippen LogP contribution in [0.4, 0.5) is 14.5 Å². The third-order valence-corrected chi connectivity index (χ3v) is 3.26. The Morgan fingerprint density at radius 1 is 1.19 bits per heavy atom. The van der Waals surface area contributed by atoms with Crippen molar-refractivity contribution in [2.24, 2.45) is 5.73 Å². The molecule has 5 heteroatoms. The lowest BCUT2D eigenvalue weighted by atomic mass is 10.0. The number of hydrogen-bond donors (Lipinski definition) is 2. The van der Waals surface area contributed by atoms with E-state index in [1.807, 2.05) is 6.92 Å². The number of carbonyl (C=O) groups is 1. The van der Waals surface area contributed by atoms with E-state index >= 15 is 0 Å². The van der Waals surface area contributed by atoms with Crippen LogP contribution in [0.25, 0.3) is 0 Å². The van der Waals surface area contributed by atoms with Crippen LogP contribution < -0.4 is 11.1 Å². The summed E-state index contributed by atoms with van der Waals surface area (Å²) >= 11 is 0. The van der Waals surface area contributed by atoms with Crippen molar-refractivity contribution in [3.05, 3.63) is 65.2 Å². The van der Waals surface area contributed by atoms with Gasteiger partial charge in [0.15, 0.2) is 0 Å². The number of primary amides is 1. The number of carbonyl (C=O) groups excluding carboxylic acids is 1. The second kappa shape index (κ2) is 6.35. The molecule has 21 heavy (non-hydrogen) atoms. The first-order valence-electron chi connectivity index (χ1n) is 6.62. The lowest BCUT2D eigenvalue weighted by Gasteiger charge is -2.19. The van der Waals surface area contributed by atoms with Gasteiger partial charge in [0.2, 0.25) is 5.91 Å². The van der Waals surface area contributed by atoms with Crippen molar-refractivity contribution < 1.29 is 13.6 Å². The Bertz CT molecular complexity index is 641. The average Bonchev–Trinajstić information content (AvgIpc) is 2.47. The van der Waals surface area contributed by atoms with Gasteiger partial charge in [-0.1, -0.05) is 19.1 Å². The van der Waals surface area contributed by atoms with Crippen LogP contribution in [0, 0.1) is 11.6 Å². The third kappa shape index (κ3) is 3.56. The maximum atomic E-state index is 13.8. The van der Waals surface area contributed by atoms with E-state index in [9.17, 15) is 13.6 Å². The van der Waals surface area contributed by atoms with E-state index in [-0.39, 0.29) is 23.1 Å². The molecule has 1 unspecified atom stereocenters. The van der Waals surface area contributed by atoms with Gasteiger partial charge < -0.3 is 11.1 Å². The maximum Gasteiger partial charge on any atom is 0.248 e. The van der Waals surface area contributed by atoms with E-state index in [4.69, 9.17) is 5.73 Å². The molecule has 0 heterocycles. The van der Waals surface area contributed by atoms with Crippen LogP contribution in [-0.4, -0.2) is 5.91 Å². The molecule has 2 aromatic carbocycles. The first kappa shape index (κ1) is 15.0. The van der Waals surface area contributed by atoms with Gasteiger partial charge in [-0.05, 0) is 42.3 Å². The normalized spacial score (nSPS) is 12.0. The fraction of sp³-hybridized carbons (Fsp3) is 0.188. The van der Waals surface area contributed by atoms with Crippen LogP contribution >= 0.6 is 0 Å². The first-order chi connectivity index (χ1) is 10.0. The molecule has 2 aromatic rings. The molecule has 0 fully saturated rings. The van der Waals surface area contributed by atoms with Gasteiger partial charge in [0, 0.05) is 5.56 Å². The highest BCUT2D eigenvalue weighted by Gasteiger charge is 2.13. The first-order valence-corrected chi connectivity index (χ1v) is 6.62. The van der Waals surface area contributed by atoms with Crippen LogP contribution in [-0.2, 0) is 0 Å². The summed E-state index contributed by atoms with van der Waals surface area (Å²) in [5.41, 5.74) is 6.46. The predicted molar refractivity (Wildman–Crippen MR) is 78.0 cm³/mol. The smallest absolute Gasteiger partial charge is 0.248 e. The van der Waals surface area contributed by atoms with E-state index in [0.29, 0.717) is 6.42 Å². The van der Waals surface area contributed by atoms with Gasteiger partial charge in [0.25, 0.3) is 0 Å². The quantitative estimate of drug-likeness (QED) is 0.883. The molecule has 0 aromatic heterocycles. The Hall–Kier alpha value is -2.43. The van der Waals surface area contributed by atoms with Crippen LogP contribution in [0.2, 0.25) is 0 Å². The molecule has 0 saturated carbocycles. The van der Waals surface area contributed by atoms with Crippen molar-refractivity contribution in [2.45, 2.75) is 19.4 Å². The summed E-state index contributed by atoms with van der Waals surface area (Å²) in [6.45, 7) is 1.93. The number of nitrogens with two attached hydrogens (primary N) is 1. The molecule has 0 aliphatic carbocycles. The van der Waals surface area contributed by atoms with Crippen LogP contribution in [0.5, 0.6) is 0 Å². The van der Waals surface area contributed by atoms with E-state index in [1.54, 1.807) is 12.1 Å². The van der Waals surface area contributed by atoms with E-state index < -0.39 is 11.7 Å². The maximum absolute atomic E-state index is 13.8. The number of amides is 1. The Balaban J connectivity index is 2.28. The molecule has 2 rings (SSSR count). The fourth-order valence-corrected chi connectivity index (χ4v) is 2.09. The predicted octanol–water partition coefficient (Wildman–Crippen LogP) is 3.63. The molecule has 0 aliphatic heterocycles. The largest absolute Gasteiger partial charge is 0.376 e. The van der Waals surface area contributed by atoms with E-state index in [1.165, 1.54) is 30.3 Å². The summed E-state index contributed by atoms with van der Waals surface area (Å²) in [6.07, 6.45) is 0.672. The molecular weight excluding hydrogens is 274 g/mol. The zero-order chi connectivity index (χ0) is 15.4. The van der Waals surface area contributed by atoms with Crippen molar-refractivity contribution in [2.75, 3.05) is 5.32 Å². The van der Waals surface area contributed by atoms with Gasteiger partial charge in [-0.25, -0.2) is 8.78 Å². The minimum atomic E-state index is -0.618. The number of hydrogen-bond acceptors (Lipinski definition) is 2. The van der Waals surface area contributed by atoms with Gasteiger partial charge >= 0.3 is 0 Å². The van der Waals surface area contributed by atoms with Gasteiger partial charge in [0.1, 0.15) is 11.6 Å². The third-order valence-electron chi connectivity index (χ3n) is 3.26. The highest BCUT2D eigenvalue weighted by molar-refractivity contribution is 5.93. The number of rotatable bonds is 5. The molecule has 3 N–H and O–H groups in total. The van der Waals surface area contributed by atoms with Gasteiger partial charge in [-0.15, -0.1) is 0 Å². The molecule has 0 saturated heterocycles. The number of halogens is 2. The Morgan fingerprint density at radius 3 is 2.43 bits per heavy atom. The molecule has 0 radical (unpaired) electrons. The minimum absolute atomic E-state index is 0.191. The second-order valence-corrected chi connectivity index (χ2v) is 4.72. The highest BCUT2D eigenvalue weighted by atomic mass is 19.1. The van der Waals surface area contributed by atoms with E-state index in [2.05, 4.69) is 5.32 Å². The molecule has 1 amide bonds. The van der Waals surface area contributed by atoms with Crippen LogP contribution in [0.15, 0.2) is 42.5 Å². The summed E-state index contributed by atoms with van der Waals surface area (Å²) in [7, 11) is 0. The summed E-state index contributed by atoms with van der Waals surface area (Å²) in [5.74, 6) is -1.41. The van der Waals surface area contributed by atoms with Crippen LogP contribution in [0.1, 0.15) is 35.3 Å². The Kier molecular flexibility index (Phi) is 4.52. The van der Waals surface area contributed by atoms with Gasteiger partial charge in [-0.2, -0.15) is 0 Å². The summed E-state index contributed by atoms with van der Waals surface area (Å²) in [4.78, 5) is 11.2. The number of nitrogens with one attached hydrogen (secondary N) is 1. The van der Waals surface area contributed by atoms with Crippen molar-refractivity contribution in [3.8, 4) is 0 Å². The zero-order valence-corrected chi connectivity index (χ0v) is 11.6. The zero-order valence-electron chi connectivity index (χ0n) is 11.6. The molecule has 0 aliphatic rings. The van der Waals surface area contributed by atoms with Crippen molar-refractivity contribution in [3.63, 3.8) is 0 Å². The molecule has 0 spiro atoms. The Morgan fingerprint density at radius 2 is 1.86 bits per heavy atom. The SMILES string of the molecule is CCC(Nc1cc(C(N)=O)ccc1F)c1ccc(F)cc1. The summed E-state index contributed by atoms with van der Waals surface area (Å²) < 4.78 is 26.8. The minimum Gasteiger partial charge on any atom is -0.376 e. The topological polar surface area (TPSA) is 55.1 Å². The fourth-order valence-electron chi connectivity index (χ4n) is 2.09. The van der Waals surface area contributed by atoms with Crippen molar-refractivity contribution in [1.82, 2.24) is 0 Å². The lowest BCUT2D eigenvalue weighted by Crippen LogP contribution is -2.14. The Labute approximate surface area is 121 Å². The number of anilines is 1. The van der Waals surface area contributed by atoms with E-state index in [0.717, 1.165) is 5.56 Å². The average molecular weight is 290 g/mol. The van der Waals surface area contributed by atoms with Gasteiger partial charge in [-0.3, -0.25) is 4.79 Å². The molecule has 1 atom stereocenters. The van der Waals surface area contributed by atoms with Crippen LogP contribution in [0.3, 0.4) is 0 Å². The van der Waals surface area contributed by atoms with Crippen molar-refractivity contribution >= 4 is 11.6 Å². The standard InChI is InChI=1S/C16H16F2N2O/c1-2-14(10-3-6-12(17)7-4-10)20-15-9-11(16(19)21)5-8-13(15)18/h3-9,14,20H,2H2,1H3,(H2,19,21). The van der Waals surface area contributed by atoms with Crippen molar-refractivity contribution in [1.29, 1.82) is 0 Å². The molecule has 110 valence electrons.